The first-order chi connectivity index (χ1) is 10.6. The predicted octanol–water partition coefficient (Wildman–Crippen LogP) is 3.22. The normalized spacial score (nSPS) is 19.3. The minimum atomic E-state index is -0.160. The van der Waals surface area contributed by atoms with Gasteiger partial charge in [0.1, 0.15) is 5.82 Å². The lowest BCUT2D eigenvalue weighted by Crippen LogP contribution is -2.45. The van der Waals surface area contributed by atoms with E-state index in [1.165, 1.54) is 6.07 Å². The van der Waals surface area contributed by atoms with Gasteiger partial charge in [-0.2, -0.15) is 0 Å². The maximum absolute atomic E-state index is 13.6. The van der Waals surface area contributed by atoms with E-state index in [9.17, 15) is 4.39 Å². The van der Waals surface area contributed by atoms with Crippen LogP contribution in [0.15, 0.2) is 24.3 Å². The van der Waals surface area contributed by atoms with Gasteiger partial charge in [0, 0.05) is 31.7 Å². The van der Waals surface area contributed by atoms with Gasteiger partial charge in [-0.25, -0.2) is 4.39 Å². The van der Waals surface area contributed by atoms with Crippen LogP contribution < -0.4 is 5.32 Å². The van der Waals surface area contributed by atoms with Gasteiger partial charge in [-0.05, 0) is 30.0 Å². The fourth-order valence-electron chi connectivity index (χ4n) is 3.18. The lowest BCUT2D eigenvalue weighted by Gasteiger charge is -2.36. The molecule has 0 aromatic heterocycles. The molecule has 124 valence electrons. The molecule has 1 aliphatic rings. The number of benzene rings is 1. The van der Waals surface area contributed by atoms with Gasteiger partial charge in [-0.15, -0.1) is 0 Å². The van der Waals surface area contributed by atoms with E-state index in [2.05, 4.69) is 31.0 Å². The number of ether oxygens (including phenoxy) is 1. The molecule has 1 heterocycles. The van der Waals surface area contributed by atoms with Crippen molar-refractivity contribution in [2.75, 3.05) is 32.8 Å². The zero-order valence-electron chi connectivity index (χ0n) is 14.0. The molecule has 0 amide bonds. The van der Waals surface area contributed by atoms with Crippen LogP contribution in [0.4, 0.5) is 4.39 Å². The Labute approximate surface area is 133 Å². The second kappa shape index (κ2) is 8.61. The summed E-state index contributed by atoms with van der Waals surface area (Å²) in [4.78, 5) is 2.40. The second-order valence-corrected chi connectivity index (χ2v) is 6.39. The number of halogens is 1. The summed E-state index contributed by atoms with van der Waals surface area (Å²) >= 11 is 0. The number of hydrogen-bond acceptors (Lipinski definition) is 3. The molecule has 2 atom stereocenters. The lowest BCUT2D eigenvalue weighted by molar-refractivity contribution is 0.0152. The molecule has 4 heteroatoms. The predicted molar refractivity (Wildman–Crippen MR) is 88.5 cm³/mol. The molecular formula is C18H29FN2O. The Hall–Kier alpha value is -0.970. The topological polar surface area (TPSA) is 24.5 Å². The molecule has 1 saturated heterocycles. The Morgan fingerprint density at radius 3 is 2.59 bits per heavy atom. The molecule has 2 unspecified atom stereocenters. The Balaban J connectivity index is 2.10. The first-order valence-electron chi connectivity index (χ1n) is 8.42. The van der Waals surface area contributed by atoms with Crippen LogP contribution in [-0.2, 0) is 4.74 Å². The van der Waals surface area contributed by atoms with Crippen LogP contribution in [0, 0.1) is 11.7 Å². The molecular weight excluding hydrogens is 279 g/mol. The number of hydrogen-bond donors (Lipinski definition) is 1. The van der Waals surface area contributed by atoms with E-state index in [1.54, 1.807) is 12.1 Å². The van der Waals surface area contributed by atoms with Crippen molar-refractivity contribution in [2.45, 2.75) is 39.3 Å². The molecule has 1 aliphatic heterocycles. The van der Waals surface area contributed by atoms with E-state index in [0.29, 0.717) is 12.0 Å². The van der Waals surface area contributed by atoms with Crippen LogP contribution in [0.2, 0.25) is 0 Å². The first-order valence-corrected chi connectivity index (χ1v) is 8.42. The minimum absolute atomic E-state index is 0.160. The molecule has 0 saturated carbocycles. The number of nitrogens with zero attached hydrogens (tertiary/aromatic N) is 1. The summed E-state index contributed by atoms with van der Waals surface area (Å²) < 4.78 is 19.1. The van der Waals surface area contributed by atoms with Gasteiger partial charge in [0.05, 0.1) is 13.2 Å². The summed E-state index contributed by atoms with van der Waals surface area (Å²) in [6, 6.07) is 7.71. The Morgan fingerprint density at radius 2 is 2.00 bits per heavy atom. The first kappa shape index (κ1) is 17.4. The molecule has 3 nitrogen and oxygen atoms in total. The van der Waals surface area contributed by atoms with E-state index < -0.39 is 0 Å². The molecule has 2 rings (SSSR count). The molecule has 0 aliphatic carbocycles. The highest BCUT2D eigenvalue weighted by Gasteiger charge is 2.24. The van der Waals surface area contributed by atoms with Crippen LogP contribution in [-0.4, -0.2) is 43.8 Å². The van der Waals surface area contributed by atoms with Crippen molar-refractivity contribution >= 4 is 0 Å². The maximum atomic E-state index is 13.6. The molecule has 22 heavy (non-hydrogen) atoms. The average molecular weight is 308 g/mol. The van der Waals surface area contributed by atoms with E-state index in [0.717, 1.165) is 44.8 Å². The Kier molecular flexibility index (Phi) is 6.80. The van der Waals surface area contributed by atoms with E-state index >= 15 is 0 Å². The van der Waals surface area contributed by atoms with E-state index in [-0.39, 0.29) is 11.9 Å². The van der Waals surface area contributed by atoms with Crippen LogP contribution in [0.3, 0.4) is 0 Å². The van der Waals surface area contributed by atoms with Gasteiger partial charge in [-0.3, -0.25) is 4.90 Å². The second-order valence-electron chi connectivity index (χ2n) is 6.39. The van der Waals surface area contributed by atoms with Gasteiger partial charge in [0.25, 0.3) is 0 Å². The van der Waals surface area contributed by atoms with Gasteiger partial charge in [-0.1, -0.05) is 32.9 Å². The largest absolute Gasteiger partial charge is 0.379 e. The van der Waals surface area contributed by atoms with Crippen molar-refractivity contribution in [1.82, 2.24) is 10.2 Å². The molecule has 1 aromatic rings. The maximum Gasteiger partial charge on any atom is 0.123 e. The summed E-state index contributed by atoms with van der Waals surface area (Å²) in [5.41, 5.74) is 1.05. The minimum Gasteiger partial charge on any atom is -0.379 e. The fraction of sp³-hybridized carbons (Fsp3) is 0.667. The van der Waals surface area contributed by atoms with Gasteiger partial charge in [0.2, 0.25) is 0 Å². The average Bonchev–Trinajstić information content (AvgIpc) is 2.52. The quantitative estimate of drug-likeness (QED) is 0.837. The lowest BCUT2D eigenvalue weighted by atomic mass is 9.99. The zero-order chi connectivity index (χ0) is 15.9. The van der Waals surface area contributed by atoms with Gasteiger partial charge < -0.3 is 10.1 Å². The molecule has 1 fully saturated rings. The monoisotopic (exact) mass is 308 g/mol. The molecule has 0 bridgehead atoms. The highest BCUT2D eigenvalue weighted by Crippen LogP contribution is 2.22. The third-order valence-electron chi connectivity index (χ3n) is 4.54. The third kappa shape index (κ3) is 4.77. The standard InChI is InChI=1S/C18H29FN2O/c1-4-17(14(2)3)20-13-18(21-8-10-22-11-9-21)15-6-5-7-16(19)12-15/h5-7,12,14,17-18,20H,4,8-11,13H2,1-3H3. The number of morpholine rings is 1. The number of nitrogens with one attached hydrogen (secondary N) is 1. The molecule has 0 spiro atoms. The van der Waals surface area contributed by atoms with Gasteiger partial charge in [0.15, 0.2) is 0 Å². The summed E-state index contributed by atoms with van der Waals surface area (Å²) in [6.45, 7) is 10.9. The smallest absolute Gasteiger partial charge is 0.123 e. The number of rotatable bonds is 7. The summed E-state index contributed by atoms with van der Waals surface area (Å²) in [5.74, 6) is 0.439. The summed E-state index contributed by atoms with van der Waals surface area (Å²) in [5, 5.41) is 3.68. The van der Waals surface area contributed by atoms with Crippen molar-refractivity contribution in [3.8, 4) is 0 Å². The Morgan fingerprint density at radius 1 is 1.27 bits per heavy atom. The van der Waals surface area contributed by atoms with Crippen molar-refractivity contribution in [1.29, 1.82) is 0 Å². The van der Waals surface area contributed by atoms with Crippen molar-refractivity contribution < 1.29 is 9.13 Å². The van der Waals surface area contributed by atoms with Crippen molar-refractivity contribution in [3.63, 3.8) is 0 Å². The summed E-state index contributed by atoms with van der Waals surface area (Å²) in [7, 11) is 0. The van der Waals surface area contributed by atoms with Crippen LogP contribution in [0.25, 0.3) is 0 Å². The van der Waals surface area contributed by atoms with Crippen molar-refractivity contribution in [3.05, 3.63) is 35.6 Å². The highest BCUT2D eigenvalue weighted by atomic mass is 19.1. The van der Waals surface area contributed by atoms with E-state index in [1.807, 2.05) is 6.07 Å². The van der Waals surface area contributed by atoms with Crippen LogP contribution in [0.1, 0.15) is 38.8 Å². The van der Waals surface area contributed by atoms with E-state index in [4.69, 9.17) is 4.74 Å². The third-order valence-corrected chi connectivity index (χ3v) is 4.54. The fourth-order valence-corrected chi connectivity index (χ4v) is 3.18. The van der Waals surface area contributed by atoms with Crippen LogP contribution >= 0.6 is 0 Å². The van der Waals surface area contributed by atoms with Gasteiger partial charge >= 0.3 is 0 Å². The van der Waals surface area contributed by atoms with Crippen LogP contribution in [0.5, 0.6) is 0 Å². The SMILES string of the molecule is CCC(NCC(c1cccc(F)c1)N1CCOCC1)C(C)C. The molecule has 1 N–H and O–H groups in total. The molecule has 1 aromatic carbocycles. The zero-order valence-corrected chi connectivity index (χ0v) is 14.0. The molecule has 0 radical (unpaired) electrons. The highest BCUT2D eigenvalue weighted by molar-refractivity contribution is 5.21. The Bertz CT molecular complexity index is 446. The van der Waals surface area contributed by atoms with Crippen molar-refractivity contribution in [2.24, 2.45) is 5.92 Å². The summed E-state index contributed by atoms with van der Waals surface area (Å²) in [6.07, 6.45) is 1.11.